The fraction of sp³-hybridized carbons (Fsp3) is 0.0769. The van der Waals surface area contributed by atoms with E-state index < -0.39 is 5.41 Å². The van der Waals surface area contributed by atoms with E-state index in [0.717, 1.165) is 34.1 Å². The summed E-state index contributed by atoms with van der Waals surface area (Å²) in [5.41, 5.74) is 18.8. The Morgan fingerprint density at radius 2 is 0.687 bits per heavy atom. The van der Waals surface area contributed by atoms with Crippen molar-refractivity contribution in [2.75, 3.05) is 9.80 Å². The van der Waals surface area contributed by atoms with E-state index in [0.29, 0.717) is 0 Å². The van der Waals surface area contributed by atoms with Crippen LogP contribution in [-0.4, -0.2) is 0 Å². The molecule has 0 saturated heterocycles. The van der Waals surface area contributed by atoms with Crippen LogP contribution in [0.15, 0.2) is 231 Å². The largest absolute Gasteiger partial charge is 0.310 e. The summed E-state index contributed by atoms with van der Waals surface area (Å²) >= 11 is 0. The molecule has 0 bridgehead atoms. The van der Waals surface area contributed by atoms with Gasteiger partial charge in [0.25, 0.3) is 0 Å². The lowest BCUT2D eigenvalue weighted by molar-refractivity contribution is 0.783. The molecule has 11 aromatic carbocycles. The smallest absolute Gasteiger partial charge is 0.0725 e. The lowest BCUT2D eigenvalue weighted by atomic mass is 9.65. The second kappa shape index (κ2) is 16.0. The van der Waals surface area contributed by atoms with Gasteiger partial charge in [-0.3, -0.25) is 0 Å². The van der Waals surface area contributed by atoms with Crippen molar-refractivity contribution >= 4 is 66.4 Å². The summed E-state index contributed by atoms with van der Waals surface area (Å²) in [5.74, 6) is 0. The fourth-order valence-electron chi connectivity index (χ4n) is 11.0. The number of nitrogens with zero attached hydrogens (tertiary/aromatic N) is 2. The maximum Gasteiger partial charge on any atom is 0.0725 e. The predicted molar refractivity (Wildman–Crippen MR) is 285 cm³/mol. The Bertz CT molecular complexity index is 3500. The molecule has 11 aromatic rings. The molecule has 2 nitrogen and oxygen atoms in total. The molecule has 0 unspecified atom stereocenters. The third-order valence-corrected chi connectivity index (χ3v) is 14.1. The Hall–Kier alpha value is -8.20. The molecular weight excluding hydrogens is 809 g/mol. The SMILES string of the molecule is Cc1ccc(N(c2ccc(C)cc2)c2ccc3c4c(ccc3c2)-c2c(c3ccc(N(c5ccc(C)cc5)c5ccc(C)cc5)cc3c3ccccc23)C4(c2ccccc2)c2ccccc2)cc1. The van der Waals surface area contributed by atoms with Gasteiger partial charge < -0.3 is 9.80 Å². The number of benzene rings is 11. The molecule has 0 atom stereocenters. The van der Waals surface area contributed by atoms with Gasteiger partial charge in [-0.25, -0.2) is 0 Å². The van der Waals surface area contributed by atoms with Crippen LogP contribution in [0.3, 0.4) is 0 Å². The van der Waals surface area contributed by atoms with Crippen LogP contribution < -0.4 is 9.80 Å². The first kappa shape index (κ1) is 40.3. The summed E-state index contributed by atoms with van der Waals surface area (Å²) in [7, 11) is 0. The average Bonchev–Trinajstić information content (AvgIpc) is 3.70. The number of hydrogen-bond donors (Lipinski definition) is 0. The van der Waals surface area contributed by atoms with E-state index in [1.165, 1.54) is 88.0 Å². The normalized spacial score (nSPS) is 12.6. The standard InChI is InChI=1S/C65H50N2/c1-43-19-28-50(29-20-43)66(51-30-21-44(2)22-31-51)54-36-39-56-47(41-54)27-38-60-62-58-18-12-11-17-57(58)61-42-55(67(52-32-23-45(3)24-33-52)53-34-25-46(4)26-35-53)37-40-59(61)64(62)65(63(56)60,48-13-7-5-8-14-48)49-15-9-6-10-16-49/h5-42H,1-4H3. The van der Waals surface area contributed by atoms with Crippen molar-refractivity contribution in [3.8, 4) is 11.1 Å². The minimum atomic E-state index is -0.654. The van der Waals surface area contributed by atoms with Crippen molar-refractivity contribution in [3.63, 3.8) is 0 Å². The van der Waals surface area contributed by atoms with E-state index in [1.54, 1.807) is 0 Å². The number of hydrogen-bond acceptors (Lipinski definition) is 2. The zero-order valence-electron chi connectivity index (χ0n) is 38.3. The molecule has 0 heterocycles. The average molecular weight is 859 g/mol. The van der Waals surface area contributed by atoms with Gasteiger partial charge >= 0.3 is 0 Å². The highest BCUT2D eigenvalue weighted by atomic mass is 15.1. The van der Waals surface area contributed by atoms with Gasteiger partial charge in [0, 0.05) is 34.1 Å². The molecule has 0 N–H and O–H groups in total. The van der Waals surface area contributed by atoms with Crippen LogP contribution >= 0.6 is 0 Å². The van der Waals surface area contributed by atoms with E-state index in [2.05, 4.69) is 268 Å². The molecule has 0 spiro atoms. The van der Waals surface area contributed by atoms with Crippen LogP contribution in [-0.2, 0) is 5.41 Å². The van der Waals surface area contributed by atoms with Crippen molar-refractivity contribution in [2.45, 2.75) is 33.1 Å². The van der Waals surface area contributed by atoms with Gasteiger partial charge in [0.2, 0.25) is 0 Å². The van der Waals surface area contributed by atoms with Gasteiger partial charge in [-0.15, -0.1) is 0 Å². The molecule has 0 fully saturated rings. The molecule has 0 aliphatic heterocycles. The minimum Gasteiger partial charge on any atom is -0.310 e. The number of fused-ring (bicyclic) bond motifs is 10. The maximum atomic E-state index is 2.44. The Labute approximate surface area is 393 Å². The second-order valence-corrected chi connectivity index (χ2v) is 18.4. The van der Waals surface area contributed by atoms with E-state index in [9.17, 15) is 0 Å². The van der Waals surface area contributed by atoms with Crippen LogP contribution in [0.1, 0.15) is 44.5 Å². The molecule has 12 rings (SSSR count). The zero-order valence-corrected chi connectivity index (χ0v) is 38.3. The summed E-state index contributed by atoms with van der Waals surface area (Å²) in [5, 5.41) is 7.44. The minimum absolute atomic E-state index is 0.654. The van der Waals surface area contributed by atoms with Crippen molar-refractivity contribution in [1.29, 1.82) is 0 Å². The maximum absolute atomic E-state index is 2.44. The molecular formula is C65H50N2. The third kappa shape index (κ3) is 6.55. The second-order valence-electron chi connectivity index (χ2n) is 18.4. The Morgan fingerprint density at radius 1 is 0.284 bits per heavy atom. The number of rotatable bonds is 8. The molecule has 67 heavy (non-hydrogen) atoms. The summed E-state index contributed by atoms with van der Waals surface area (Å²) in [6.07, 6.45) is 0. The fourth-order valence-corrected chi connectivity index (χ4v) is 11.0. The summed E-state index contributed by atoms with van der Waals surface area (Å²) < 4.78 is 0. The van der Waals surface area contributed by atoms with Gasteiger partial charge in [0.05, 0.1) is 5.41 Å². The Morgan fingerprint density at radius 3 is 1.16 bits per heavy atom. The Balaban J connectivity index is 1.16. The van der Waals surface area contributed by atoms with Crippen LogP contribution in [0.5, 0.6) is 0 Å². The van der Waals surface area contributed by atoms with Gasteiger partial charge in [0.1, 0.15) is 0 Å². The molecule has 2 heteroatoms. The van der Waals surface area contributed by atoms with Crippen molar-refractivity contribution in [1.82, 2.24) is 0 Å². The lowest BCUT2D eigenvalue weighted by Crippen LogP contribution is -2.29. The van der Waals surface area contributed by atoms with E-state index >= 15 is 0 Å². The Kier molecular flexibility index (Phi) is 9.66. The first-order valence-electron chi connectivity index (χ1n) is 23.4. The van der Waals surface area contributed by atoms with Crippen LogP contribution in [0.25, 0.3) is 43.4 Å². The highest BCUT2D eigenvalue weighted by Crippen LogP contribution is 2.62. The number of anilines is 6. The first-order valence-corrected chi connectivity index (χ1v) is 23.4. The summed E-state index contributed by atoms with van der Waals surface area (Å²) in [6.45, 7) is 8.61. The predicted octanol–water partition coefficient (Wildman–Crippen LogP) is 17.7. The van der Waals surface area contributed by atoms with Gasteiger partial charge in [-0.2, -0.15) is 0 Å². The summed E-state index contributed by atoms with van der Waals surface area (Å²) in [6, 6.07) is 86.3. The quantitative estimate of drug-likeness (QED) is 0.141. The first-order chi connectivity index (χ1) is 32.9. The topological polar surface area (TPSA) is 6.48 Å². The molecule has 320 valence electrons. The zero-order chi connectivity index (χ0) is 45.2. The molecule has 1 aliphatic rings. The highest BCUT2D eigenvalue weighted by molar-refractivity contribution is 6.21. The molecule has 0 aromatic heterocycles. The summed E-state index contributed by atoms with van der Waals surface area (Å²) in [4.78, 5) is 4.79. The highest BCUT2D eigenvalue weighted by Gasteiger charge is 2.49. The van der Waals surface area contributed by atoms with Crippen molar-refractivity contribution in [2.24, 2.45) is 0 Å². The number of aryl methyl sites for hydroxylation is 4. The van der Waals surface area contributed by atoms with Gasteiger partial charge in [-0.05, 0) is 166 Å². The molecule has 0 radical (unpaired) electrons. The third-order valence-electron chi connectivity index (χ3n) is 14.1. The monoisotopic (exact) mass is 858 g/mol. The van der Waals surface area contributed by atoms with Crippen LogP contribution in [0.4, 0.5) is 34.1 Å². The van der Waals surface area contributed by atoms with Crippen molar-refractivity contribution < 1.29 is 0 Å². The van der Waals surface area contributed by atoms with Crippen molar-refractivity contribution in [3.05, 3.63) is 275 Å². The van der Waals surface area contributed by atoms with E-state index in [-0.39, 0.29) is 0 Å². The molecule has 0 saturated carbocycles. The molecule has 0 amide bonds. The van der Waals surface area contributed by atoms with Gasteiger partial charge in [-0.1, -0.05) is 180 Å². The van der Waals surface area contributed by atoms with E-state index in [4.69, 9.17) is 0 Å². The van der Waals surface area contributed by atoms with Gasteiger partial charge in [0.15, 0.2) is 0 Å². The van der Waals surface area contributed by atoms with Crippen LogP contribution in [0.2, 0.25) is 0 Å². The van der Waals surface area contributed by atoms with E-state index in [1.807, 2.05) is 0 Å². The lowest BCUT2D eigenvalue weighted by Gasteiger charge is -2.36. The molecule has 1 aliphatic carbocycles. The van der Waals surface area contributed by atoms with Crippen LogP contribution in [0, 0.1) is 27.7 Å².